The topological polar surface area (TPSA) is 30.5 Å². The van der Waals surface area contributed by atoms with Crippen LogP contribution >= 0.6 is 0 Å². The summed E-state index contributed by atoms with van der Waals surface area (Å²) in [6, 6.07) is 14.7. The lowest BCUT2D eigenvalue weighted by atomic mass is 9.86. The van der Waals surface area contributed by atoms with Gasteiger partial charge in [-0.25, -0.2) is 0 Å². The van der Waals surface area contributed by atoms with Crippen molar-refractivity contribution in [3.05, 3.63) is 53.6 Å². The van der Waals surface area contributed by atoms with Gasteiger partial charge in [-0.05, 0) is 40.8 Å². The Morgan fingerprint density at radius 3 is 2.45 bits per heavy atom. The molecule has 1 unspecified atom stereocenters. The second-order valence-electron chi connectivity index (χ2n) is 6.74. The number of hydrogen-bond donors (Lipinski definition) is 1. The molecule has 22 heavy (non-hydrogen) atoms. The summed E-state index contributed by atoms with van der Waals surface area (Å²) in [6.45, 7) is 7.30. The van der Waals surface area contributed by atoms with Gasteiger partial charge >= 0.3 is 0 Å². The number of fused-ring (bicyclic) bond motifs is 1. The average molecular weight is 297 g/mol. The summed E-state index contributed by atoms with van der Waals surface area (Å²) in [6.07, 6.45) is 0. The minimum absolute atomic E-state index is 0.129. The van der Waals surface area contributed by atoms with Crippen molar-refractivity contribution < 1.29 is 9.47 Å². The van der Waals surface area contributed by atoms with Crippen LogP contribution in [0.4, 0.5) is 5.69 Å². The van der Waals surface area contributed by atoms with E-state index >= 15 is 0 Å². The van der Waals surface area contributed by atoms with Gasteiger partial charge in [0.05, 0.1) is 18.8 Å². The molecule has 1 atom stereocenters. The first-order chi connectivity index (χ1) is 10.5. The van der Waals surface area contributed by atoms with Gasteiger partial charge < -0.3 is 14.8 Å². The van der Waals surface area contributed by atoms with Crippen molar-refractivity contribution in [3.8, 4) is 11.5 Å². The zero-order chi connectivity index (χ0) is 15.7. The lowest BCUT2D eigenvalue weighted by Crippen LogP contribution is -2.24. The van der Waals surface area contributed by atoms with Crippen LogP contribution in [0, 0.1) is 0 Å². The molecule has 0 spiro atoms. The maximum absolute atomic E-state index is 5.92. The number of rotatable bonds is 2. The van der Waals surface area contributed by atoms with Crippen LogP contribution < -0.4 is 14.8 Å². The number of benzene rings is 2. The van der Waals surface area contributed by atoms with Crippen LogP contribution in [0.25, 0.3) is 0 Å². The van der Waals surface area contributed by atoms with E-state index in [0.29, 0.717) is 6.61 Å². The third kappa shape index (κ3) is 2.89. The van der Waals surface area contributed by atoms with Gasteiger partial charge in [-0.15, -0.1) is 0 Å². The minimum Gasteiger partial charge on any atom is -0.497 e. The molecule has 0 bridgehead atoms. The van der Waals surface area contributed by atoms with Crippen LogP contribution in [0.5, 0.6) is 11.5 Å². The van der Waals surface area contributed by atoms with E-state index < -0.39 is 0 Å². The number of ether oxygens (including phenoxy) is 2. The Morgan fingerprint density at radius 1 is 1.09 bits per heavy atom. The normalized spacial score (nSPS) is 17.2. The standard InChI is InChI=1S/C19H23NO2/c1-19(2,3)14-7-10-18-16(11-14)20-17(12-22-18)13-5-8-15(21-4)9-6-13/h5-11,17,20H,12H2,1-4H3. The lowest BCUT2D eigenvalue weighted by molar-refractivity contribution is 0.286. The van der Waals surface area contributed by atoms with Crippen molar-refractivity contribution in [1.82, 2.24) is 0 Å². The molecule has 0 aromatic heterocycles. The Hall–Kier alpha value is -2.16. The second kappa shape index (κ2) is 5.56. The molecule has 1 aliphatic rings. The van der Waals surface area contributed by atoms with Crippen LogP contribution in [0.15, 0.2) is 42.5 Å². The smallest absolute Gasteiger partial charge is 0.142 e. The van der Waals surface area contributed by atoms with Gasteiger partial charge in [0.1, 0.15) is 18.1 Å². The van der Waals surface area contributed by atoms with E-state index in [4.69, 9.17) is 9.47 Å². The molecule has 0 saturated heterocycles. The molecule has 1 N–H and O–H groups in total. The predicted molar refractivity (Wildman–Crippen MR) is 90.0 cm³/mol. The number of nitrogens with one attached hydrogen (secondary N) is 1. The van der Waals surface area contributed by atoms with E-state index in [1.54, 1.807) is 7.11 Å². The van der Waals surface area contributed by atoms with Crippen LogP contribution in [0.1, 0.15) is 37.9 Å². The SMILES string of the molecule is COc1ccc(C2COc3ccc(C(C)(C)C)cc3N2)cc1. The highest BCUT2D eigenvalue weighted by Gasteiger charge is 2.23. The predicted octanol–water partition coefficient (Wildman–Crippen LogP) is 4.54. The monoisotopic (exact) mass is 297 g/mol. The molecule has 116 valence electrons. The Bertz CT molecular complexity index is 656. The minimum atomic E-state index is 0.129. The number of hydrogen-bond acceptors (Lipinski definition) is 3. The fraction of sp³-hybridized carbons (Fsp3) is 0.368. The summed E-state index contributed by atoms with van der Waals surface area (Å²) in [5.41, 5.74) is 3.70. The molecule has 3 heteroatoms. The zero-order valence-electron chi connectivity index (χ0n) is 13.6. The Morgan fingerprint density at radius 2 is 1.82 bits per heavy atom. The van der Waals surface area contributed by atoms with Crippen molar-refractivity contribution in [3.63, 3.8) is 0 Å². The van der Waals surface area contributed by atoms with Gasteiger partial charge in [-0.3, -0.25) is 0 Å². The highest BCUT2D eigenvalue weighted by Crippen LogP contribution is 2.37. The van der Waals surface area contributed by atoms with Crippen LogP contribution in [0.2, 0.25) is 0 Å². The zero-order valence-corrected chi connectivity index (χ0v) is 13.6. The van der Waals surface area contributed by atoms with Crippen LogP contribution in [-0.4, -0.2) is 13.7 Å². The van der Waals surface area contributed by atoms with E-state index in [-0.39, 0.29) is 11.5 Å². The molecule has 2 aromatic carbocycles. The van der Waals surface area contributed by atoms with E-state index in [0.717, 1.165) is 17.2 Å². The van der Waals surface area contributed by atoms with E-state index in [2.05, 4.69) is 56.4 Å². The highest BCUT2D eigenvalue weighted by atomic mass is 16.5. The second-order valence-corrected chi connectivity index (χ2v) is 6.74. The molecule has 2 aromatic rings. The fourth-order valence-electron chi connectivity index (χ4n) is 2.65. The summed E-state index contributed by atoms with van der Waals surface area (Å²) < 4.78 is 11.1. The molecule has 3 rings (SSSR count). The Balaban J connectivity index is 1.85. The maximum atomic E-state index is 5.92. The first kappa shape index (κ1) is 14.8. The molecule has 0 saturated carbocycles. The van der Waals surface area contributed by atoms with Crippen molar-refractivity contribution >= 4 is 5.69 Å². The van der Waals surface area contributed by atoms with Gasteiger partial charge in [0.2, 0.25) is 0 Å². The summed E-state index contributed by atoms with van der Waals surface area (Å²) in [5.74, 6) is 1.80. The van der Waals surface area contributed by atoms with Crippen molar-refractivity contribution in [2.45, 2.75) is 32.2 Å². The Labute approximate surface area is 132 Å². The first-order valence-corrected chi connectivity index (χ1v) is 7.65. The number of anilines is 1. The largest absolute Gasteiger partial charge is 0.497 e. The van der Waals surface area contributed by atoms with Gasteiger partial charge in [0.15, 0.2) is 0 Å². The highest BCUT2D eigenvalue weighted by molar-refractivity contribution is 5.61. The molecular weight excluding hydrogens is 274 g/mol. The van der Waals surface area contributed by atoms with Gasteiger partial charge in [0, 0.05) is 0 Å². The molecule has 3 nitrogen and oxygen atoms in total. The van der Waals surface area contributed by atoms with E-state index in [9.17, 15) is 0 Å². The quantitative estimate of drug-likeness (QED) is 0.883. The third-order valence-corrected chi connectivity index (χ3v) is 4.10. The third-order valence-electron chi connectivity index (χ3n) is 4.10. The van der Waals surface area contributed by atoms with Crippen LogP contribution in [0.3, 0.4) is 0 Å². The molecule has 1 aliphatic heterocycles. The summed E-state index contributed by atoms with van der Waals surface area (Å²) in [7, 11) is 1.68. The summed E-state index contributed by atoms with van der Waals surface area (Å²) in [4.78, 5) is 0. The summed E-state index contributed by atoms with van der Waals surface area (Å²) >= 11 is 0. The maximum Gasteiger partial charge on any atom is 0.142 e. The van der Waals surface area contributed by atoms with E-state index in [1.807, 2.05) is 12.1 Å². The van der Waals surface area contributed by atoms with Gasteiger partial charge in [-0.1, -0.05) is 39.0 Å². The van der Waals surface area contributed by atoms with Gasteiger partial charge in [-0.2, -0.15) is 0 Å². The Kier molecular flexibility index (Phi) is 3.73. The first-order valence-electron chi connectivity index (χ1n) is 7.65. The van der Waals surface area contributed by atoms with Crippen molar-refractivity contribution in [2.75, 3.05) is 19.0 Å². The van der Waals surface area contributed by atoms with Crippen molar-refractivity contribution in [2.24, 2.45) is 0 Å². The van der Waals surface area contributed by atoms with E-state index in [1.165, 1.54) is 11.1 Å². The molecule has 0 fully saturated rings. The molecule has 0 radical (unpaired) electrons. The molecule has 0 amide bonds. The van der Waals surface area contributed by atoms with Crippen LogP contribution in [-0.2, 0) is 5.41 Å². The molecular formula is C19H23NO2. The molecule has 1 heterocycles. The average Bonchev–Trinajstić information content (AvgIpc) is 2.53. The van der Waals surface area contributed by atoms with Crippen molar-refractivity contribution in [1.29, 1.82) is 0 Å². The molecule has 0 aliphatic carbocycles. The van der Waals surface area contributed by atoms with Gasteiger partial charge in [0.25, 0.3) is 0 Å². The number of methoxy groups -OCH3 is 1. The summed E-state index contributed by atoms with van der Waals surface area (Å²) in [5, 5.41) is 3.60. The lowest BCUT2D eigenvalue weighted by Gasteiger charge is -2.30. The fourth-order valence-corrected chi connectivity index (χ4v) is 2.65.